The minimum absolute atomic E-state index is 0.0236. The van der Waals surface area contributed by atoms with Crippen LogP contribution in [0.4, 0.5) is 13.2 Å². The Morgan fingerprint density at radius 2 is 1.95 bits per heavy atom. The summed E-state index contributed by atoms with van der Waals surface area (Å²) in [5.41, 5.74) is 2.50. The molecule has 0 saturated heterocycles. The number of hydrogen-bond donors (Lipinski definition) is 1. The van der Waals surface area contributed by atoms with Gasteiger partial charge in [-0.05, 0) is 49.2 Å². The van der Waals surface area contributed by atoms with Gasteiger partial charge in [0.05, 0.1) is 0 Å². The lowest BCUT2D eigenvalue weighted by Gasteiger charge is -2.24. The third kappa shape index (κ3) is 2.42. The SMILES string of the molecule is CNC(c1cc(F)c(F)c(F)c1)C1CCc2cccnc21. The van der Waals surface area contributed by atoms with E-state index in [1.807, 2.05) is 12.1 Å². The Hall–Kier alpha value is -1.88. The van der Waals surface area contributed by atoms with Crippen molar-refractivity contribution in [1.29, 1.82) is 0 Å². The summed E-state index contributed by atoms with van der Waals surface area (Å²) in [6.07, 6.45) is 3.45. The molecule has 21 heavy (non-hydrogen) atoms. The van der Waals surface area contributed by atoms with Crippen LogP contribution in [-0.4, -0.2) is 12.0 Å². The smallest absolute Gasteiger partial charge is 0.194 e. The van der Waals surface area contributed by atoms with Gasteiger partial charge in [0, 0.05) is 23.9 Å². The molecule has 0 saturated carbocycles. The fourth-order valence-electron chi connectivity index (χ4n) is 3.12. The number of benzene rings is 1. The lowest BCUT2D eigenvalue weighted by atomic mass is 9.90. The van der Waals surface area contributed by atoms with E-state index in [1.54, 1.807) is 13.2 Å². The molecular weight excluding hydrogens is 277 g/mol. The molecule has 2 atom stereocenters. The van der Waals surface area contributed by atoms with E-state index in [-0.39, 0.29) is 12.0 Å². The van der Waals surface area contributed by atoms with Crippen LogP contribution in [0, 0.1) is 17.5 Å². The summed E-state index contributed by atoms with van der Waals surface area (Å²) in [5.74, 6) is -3.73. The Morgan fingerprint density at radius 1 is 1.24 bits per heavy atom. The first kappa shape index (κ1) is 14.1. The molecule has 110 valence electrons. The van der Waals surface area contributed by atoms with Gasteiger partial charge in [-0.2, -0.15) is 0 Å². The molecule has 0 bridgehead atoms. The van der Waals surface area contributed by atoms with Crippen molar-refractivity contribution in [1.82, 2.24) is 10.3 Å². The Morgan fingerprint density at radius 3 is 2.62 bits per heavy atom. The van der Waals surface area contributed by atoms with Gasteiger partial charge in [0.15, 0.2) is 17.5 Å². The van der Waals surface area contributed by atoms with E-state index in [9.17, 15) is 13.2 Å². The third-order valence-electron chi connectivity index (χ3n) is 4.08. The van der Waals surface area contributed by atoms with Crippen molar-refractivity contribution in [2.24, 2.45) is 0 Å². The van der Waals surface area contributed by atoms with Crippen LogP contribution in [-0.2, 0) is 6.42 Å². The van der Waals surface area contributed by atoms with E-state index in [0.717, 1.165) is 36.2 Å². The first-order valence-corrected chi connectivity index (χ1v) is 6.87. The summed E-state index contributed by atoms with van der Waals surface area (Å²) >= 11 is 0. The zero-order valence-corrected chi connectivity index (χ0v) is 11.5. The Balaban J connectivity index is 2.00. The van der Waals surface area contributed by atoms with Crippen LogP contribution < -0.4 is 5.32 Å². The highest BCUT2D eigenvalue weighted by atomic mass is 19.2. The van der Waals surface area contributed by atoms with Crippen molar-refractivity contribution in [3.05, 3.63) is 64.7 Å². The molecule has 5 heteroatoms. The van der Waals surface area contributed by atoms with Crippen LogP contribution >= 0.6 is 0 Å². The highest BCUT2D eigenvalue weighted by Gasteiger charge is 2.32. The average Bonchev–Trinajstić information content (AvgIpc) is 2.90. The number of halogens is 3. The summed E-state index contributed by atoms with van der Waals surface area (Å²) in [6, 6.07) is 5.71. The topological polar surface area (TPSA) is 24.9 Å². The molecule has 0 fully saturated rings. The van der Waals surface area contributed by atoms with Gasteiger partial charge in [-0.15, -0.1) is 0 Å². The van der Waals surface area contributed by atoms with E-state index >= 15 is 0 Å². The standard InChI is InChI=1S/C16H15F3N2/c1-20-15(10-7-12(17)14(19)13(18)8-10)11-5-4-9-3-2-6-21-16(9)11/h2-3,6-8,11,15,20H,4-5H2,1H3. The number of hydrogen-bond acceptors (Lipinski definition) is 2. The first-order chi connectivity index (χ1) is 10.1. The predicted molar refractivity (Wildman–Crippen MR) is 73.4 cm³/mol. The van der Waals surface area contributed by atoms with Crippen molar-refractivity contribution in [2.45, 2.75) is 24.8 Å². The van der Waals surface area contributed by atoms with Gasteiger partial charge in [0.25, 0.3) is 0 Å². The zero-order valence-electron chi connectivity index (χ0n) is 11.5. The van der Waals surface area contributed by atoms with Crippen LogP contribution in [0.1, 0.15) is 35.2 Å². The van der Waals surface area contributed by atoms with Crippen LogP contribution in [0.3, 0.4) is 0 Å². The second-order valence-corrected chi connectivity index (χ2v) is 5.26. The van der Waals surface area contributed by atoms with Crippen LogP contribution in [0.15, 0.2) is 30.5 Å². The van der Waals surface area contributed by atoms with E-state index in [0.29, 0.717) is 5.56 Å². The van der Waals surface area contributed by atoms with Gasteiger partial charge in [-0.1, -0.05) is 6.07 Å². The number of nitrogens with one attached hydrogen (secondary N) is 1. The molecule has 0 spiro atoms. The molecule has 0 amide bonds. The van der Waals surface area contributed by atoms with Gasteiger partial charge < -0.3 is 5.32 Å². The number of aromatic nitrogens is 1. The number of likely N-dealkylation sites (N-methyl/N-ethyl adjacent to an activating group) is 1. The third-order valence-corrected chi connectivity index (χ3v) is 4.08. The quantitative estimate of drug-likeness (QED) is 0.876. The molecule has 3 rings (SSSR count). The maximum Gasteiger partial charge on any atom is 0.194 e. The minimum Gasteiger partial charge on any atom is -0.312 e. The Kier molecular flexibility index (Phi) is 3.68. The second-order valence-electron chi connectivity index (χ2n) is 5.26. The van der Waals surface area contributed by atoms with Gasteiger partial charge in [0.1, 0.15) is 0 Å². The molecule has 2 unspecified atom stereocenters. The minimum atomic E-state index is -1.43. The van der Waals surface area contributed by atoms with Crippen molar-refractivity contribution < 1.29 is 13.2 Å². The largest absolute Gasteiger partial charge is 0.312 e. The number of nitrogens with zero attached hydrogens (tertiary/aromatic N) is 1. The van der Waals surface area contributed by atoms with Crippen LogP contribution in [0.5, 0.6) is 0 Å². The molecule has 1 aliphatic rings. The summed E-state index contributed by atoms with van der Waals surface area (Å²) in [5, 5.41) is 3.08. The highest BCUT2D eigenvalue weighted by molar-refractivity contribution is 5.34. The molecule has 1 aromatic carbocycles. The lowest BCUT2D eigenvalue weighted by molar-refractivity contribution is 0.429. The number of fused-ring (bicyclic) bond motifs is 1. The Labute approximate surface area is 121 Å². The Bertz CT molecular complexity index is 649. The molecule has 1 heterocycles. The van der Waals surface area contributed by atoms with Crippen LogP contribution in [0.25, 0.3) is 0 Å². The molecule has 0 aliphatic heterocycles. The molecule has 2 nitrogen and oxygen atoms in total. The van der Waals surface area contributed by atoms with Gasteiger partial charge in [-0.3, -0.25) is 4.98 Å². The molecule has 1 N–H and O–H groups in total. The molecule has 1 aromatic heterocycles. The van der Waals surface area contributed by atoms with Gasteiger partial charge in [-0.25, -0.2) is 13.2 Å². The van der Waals surface area contributed by atoms with E-state index in [2.05, 4.69) is 10.3 Å². The van der Waals surface area contributed by atoms with Crippen molar-refractivity contribution >= 4 is 0 Å². The normalized spacial score (nSPS) is 18.6. The number of rotatable bonds is 3. The lowest BCUT2D eigenvalue weighted by Crippen LogP contribution is -2.23. The highest BCUT2D eigenvalue weighted by Crippen LogP contribution is 2.40. The monoisotopic (exact) mass is 292 g/mol. The van der Waals surface area contributed by atoms with E-state index in [1.165, 1.54) is 0 Å². The molecule has 1 aliphatic carbocycles. The molecule has 2 aromatic rings. The number of aryl methyl sites for hydroxylation is 1. The van der Waals surface area contributed by atoms with Crippen molar-refractivity contribution in [3.8, 4) is 0 Å². The van der Waals surface area contributed by atoms with Crippen LogP contribution in [0.2, 0.25) is 0 Å². The summed E-state index contributed by atoms with van der Waals surface area (Å²) < 4.78 is 40.0. The predicted octanol–water partition coefficient (Wildman–Crippen LogP) is 3.49. The summed E-state index contributed by atoms with van der Waals surface area (Å²) in [4.78, 5) is 4.40. The van der Waals surface area contributed by atoms with E-state index < -0.39 is 17.5 Å². The van der Waals surface area contributed by atoms with Crippen molar-refractivity contribution in [2.75, 3.05) is 7.05 Å². The van der Waals surface area contributed by atoms with Crippen molar-refractivity contribution in [3.63, 3.8) is 0 Å². The van der Waals surface area contributed by atoms with E-state index in [4.69, 9.17) is 0 Å². The summed E-state index contributed by atoms with van der Waals surface area (Å²) in [7, 11) is 1.73. The summed E-state index contributed by atoms with van der Waals surface area (Å²) in [6.45, 7) is 0. The molecular formula is C16H15F3N2. The number of pyridine rings is 1. The fraction of sp³-hybridized carbons (Fsp3) is 0.312. The van der Waals surface area contributed by atoms with Gasteiger partial charge >= 0.3 is 0 Å². The van der Waals surface area contributed by atoms with Gasteiger partial charge in [0.2, 0.25) is 0 Å². The average molecular weight is 292 g/mol. The maximum absolute atomic E-state index is 13.5. The zero-order chi connectivity index (χ0) is 15.0. The second kappa shape index (κ2) is 5.48. The fourth-order valence-corrected chi connectivity index (χ4v) is 3.12. The first-order valence-electron chi connectivity index (χ1n) is 6.87. The molecule has 0 radical (unpaired) electrons. The maximum atomic E-state index is 13.5.